The van der Waals surface area contributed by atoms with E-state index in [1.54, 1.807) is 12.4 Å². The Morgan fingerprint density at radius 1 is 1.44 bits per heavy atom. The van der Waals surface area contributed by atoms with Gasteiger partial charge in [0.25, 0.3) is 0 Å². The van der Waals surface area contributed by atoms with Crippen LogP contribution in [-0.2, 0) is 0 Å². The van der Waals surface area contributed by atoms with Gasteiger partial charge in [-0.3, -0.25) is 0 Å². The van der Waals surface area contributed by atoms with Gasteiger partial charge in [0.1, 0.15) is 0 Å². The first-order chi connectivity index (χ1) is 4.34. The summed E-state index contributed by atoms with van der Waals surface area (Å²) in [5, 5.41) is 7.38. The zero-order chi connectivity index (χ0) is 6.69. The lowest BCUT2D eigenvalue weighted by atomic mass is 10.2. The Bertz CT molecular complexity index is 200. The third-order valence-corrected chi connectivity index (χ3v) is 1.68. The molecule has 1 heterocycles. The molecule has 0 saturated heterocycles. The minimum atomic E-state index is 0.986. The highest BCUT2D eigenvalue weighted by molar-refractivity contribution is 9.10. The molecular weight excluding hydrogens is 180 g/mol. The third-order valence-electron chi connectivity index (χ3n) is 1.02. The second-order valence-electron chi connectivity index (χ2n) is 1.58. The van der Waals surface area contributed by atoms with Crippen molar-refractivity contribution in [3.05, 3.63) is 28.9 Å². The fourth-order valence-electron chi connectivity index (χ4n) is 0.528. The second-order valence-corrected chi connectivity index (χ2v) is 2.44. The minimum Gasteiger partial charge on any atom is -0.159 e. The molecule has 0 aliphatic carbocycles. The van der Waals surface area contributed by atoms with E-state index < -0.39 is 0 Å². The van der Waals surface area contributed by atoms with E-state index in [1.165, 1.54) is 0 Å². The SMILES string of the molecule is C[CH]c1cnncc1Br. The molecule has 0 aliphatic rings. The Hall–Kier alpha value is -0.440. The molecule has 0 aromatic carbocycles. The largest absolute Gasteiger partial charge is 0.159 e. The van der Waals surface area contributed by atoms with Gasteiger partial charge in [-0.1, -0.05) is 6.92 Å². The molecule has 1 rings (SSSR count). The van der Waals surface area contributed by atoms with Crippen LogP contribution in [-0.4, -0.2) is 10.2 Å². The summed E-state index contributed by atoms with van der Waals surface area (Å²) in [5.74, 6) is 0. The number of nitrogens with zero attached hydrogens (tertiary/aromatic N) is 2. The van der Waals surface area contributed by atoms with E-state index in [1.807, 2.05) is 13.3 Å². The fraction of sp³-hybridized carbons (Fsp3) is 0.167. The van der Waals surface area contributed by atoms with Gasteiger partial charge in [0.2, 0.25) is 0 Å². The van der Waals surface area contributed by atoms with Crippen molar-refractivity contribution < 1.29 is 0 Å². The van der Waals surface area contributed by atoms with Crippen LogP contribution in [0.25, 0.3) is 0 Å². The summed E-state index contributed by atoms with van der Waals surface area (Å²) >= 11 is 3.32. The number of rotatable bonds is 1. The number of hydrogen-bond donors (Lipinski definition) is 0. The van der Waals surface area contributed by atoms with Gasteiger partial charge in [0.05, 0.1) is 12.4 Å². The smallest absolute Gasteiger partial charge is 0.0641 e. The molecule has 2 nitrogen and oxygen atoms in total. The molecule has 0 fully saturated rings. The maximum Gasteiger partial charge on any atom is 0.0641 e. The summed E-state index contributed by atoms with van der Waals surface area (Å²) in [6.07, 6.45) is 5.36. The van der Waals surface area contributed by atoms with Crippen LogP contribution in [0, 0.1) is 6.42 Å². The van der Waals surface area contributed by atoms with Crippen molar-refractivity contribution in [3.8, 4) is 0 Å². The lowest BCUT2D eigenvalue weighted by Gasteiger charge is -1.94. The zero-order valence-electron chi connectivity index (χ0n) is 5.00. The van der Waals surface area contributed by atoms with Gasteiger partial charge in [-0.25, -0.2) is 0 Å². The van der Waals surface area contributed by atoms with Crippen molar-refractivity contribution in [1.29, 1.82) is 0 Å². The van der Waals surface area contributed by atoms with Crippen LogP contribution < -0.4 is 0 Å². The highest BCUT2D eigenvalue weighted by Gasteiger charge is 1.94. The van der Waals surface area contributed by atoms with E-state index in [-0.39, 0.29) is 0 Å². The van der Waals surface area contributed by atoms with Crippen molar-refractivity contribution in [1.82, 2.24) is 10.2 Å². The zero-order valence-corrected chi connectivity index (χ0v) is 6.59. The molecule has 9 heavy (non-hydrogen) atoms. The standard InChI is InChI=1S/C6H6BrN2/c1-2-5-3-8-9-4-6(5)7/h2-4H,1H3. The van der Waals surface area contributed by atoms with Gasteiger partial charge >= 0.3 is 0 Å². The molecule has 0 bridgehead atoms. The summed E-state index contributed by atoms with van der Waals surface area (Å²) in [6.45, 7) is 1.96. The monoisotopic (exact) mass is 185 g/mol. The maximum absolute atomic E-state index is 3.71. The molecule has 1 radical (unpaired) electrons. The molecule has 1 aromatic heterocycles. The fourth-order valence-corrected chi connectivity index (χ4v) is 0.951. The first kappa shape index (κ1) is 6.68. The lowest BCUT2D eigenvalue weighted by molar-refractivity contribution is 1.01. The van der Waals surface area contributed by atoms with Gasteiger partial charge in [-0.15, -0.1) is 0 Å². The number of halogens is 1. The van der Waals surface area contributed by atoms with Gasteiger partial charge < -0.3 is 0 Å². The topological polar surface area (TPSA) is 25.8 Å². The predicted octanol–water partition coefficient (Wildman–Crippen LogP) is 1.81. The predicted molar refractivity (Wildman–Crippen MR) is 38.8 cm³/mol. The maximum atomic E-state index is 3.71. The molecule has 0 aliphatic heterocycles. The van der Waals surface area contributed by atoms with Gasteiger partial charge in [0.15, 0.2) is 0 Å². The average Bonchev–Trinajstić information content (AvgIpc) is 1.89. The van der Waals surface area contributed by atoms with Crippen LogP contribution >= 0.6 is 15.9 Å². The van der Waals surface area contributed by atoms with Crippen LogP contribution in [0.15, 0.2) is 16.9 Å². The van der Waals surface area contributed by atoms with Gasteiger partial charge in [-0.05, 0) is 27.9 Å². The van der Waals surface area contributed by atoms with Crippen molar-refractivity contribution >= 4 is 15.9 Å². The van der Waals surface area contributed by atoms with E-state index in [2.05, 4.69) is 26.1 Å². The van der Waals surface area contributed by atoms with Crippen molar-refractivity contribution in [2.75, 3.05) is 0 Å². The Balaban J connectivity index is 3.01. The molecule has 0 saturated carbocycles. The van der Waals surface area contributed by atoms with Crippen LogP contribution in [0.4, 0.5) is 0 Å². The molecule has 0 unspecified atom stereocenters. The molecule has 1 aromatic rings. The Labute approximate surface area is 62.4 Å². The van der Waals surface area contributed by atoms with E-state index in [0.29, 0.717) is 0 Å². The van der Waals surface area contributed by atoms with E-state index in [0.717, 1.165) is 10.0 Å². The molecule has 0 amide bonds. The van der Waals surface area contributed by atoms with Crippen molar-refractivity contribution in [2.24, 2.45) is 0 Å². The average molecular weight is 186 g/mol. The third kappa shape index (κ3) is 1.48. The summed E-state index contributed by atoms with van der Waals surface area (Å²) in [6, 6.07) is 0. The summed E-state index contributed by atoms with van der Waals surface area (Å²) in [4.78, 5) is 0. The lowest BCUT2D eigenvalue weighted by Crippen LogP contribution is -1.84. The first-order valence-corrected chi connectivity index (χ1v) is 3.39. The Morgan fingerprint density at radius 2 is 2.11 bits per heavy atom. The van der Waals surface area contributed by atoms with E-state index in [9.17, 15) is 0 Å². The number of hydrogen-bond acceptors (Lipinski definition) is 2. The van der Waals surface area contributed by atoms with Gasteiger partial charge in [-0.2, -0.15) is 10.2 Å². The van der Waals surface area contributed by atoms with Crippen LogP contribution in [0.2, 0.25) is 0 Å². The normalized spacial score (nSPS) is 9.56. The minimum absolute atomic E-state index is 0.986. The molecule has 0 atom stereocenters. The van der Waals surface area contributed by atoms with E-state index >= 15 is 0 Å². The van der Waals surface area contributed by atoms with Crippen LogP contribution in [0.3, 0.4) is 0 Å². The van der Waals surface area contributed by atoms with Crippen molar-refractivity contribution in [2.45, 2.75) is 6.92 Å². The summed E-state index contributed by atoms with van der Waals surface area (Å²) in [7, 11) is 0. The highest BCUT2D eigenvalue weighted by Crippen LogP contribution is 2.13. The Kier molecular flexibility index (Phi) is 2.16. The molecule has 0 spiro atoms. The highest BCUT2D eigenvalue weighted by atomic mass is 79.9. The first-order valence-electron chi connectivity index (χ1n) is 2.60. The summed E-state index contributed by atoms with van der Waals surface area (Å²) in [5.41, 5.74) is 1.07. The molecule has 47 valence electrons. The van der Waals surface area contributed by atoms with Crippen molar-refractivity contribution in [3.63, 3.8) is 0 Å². The van der Waals surface area contributed by atoms with E-state index in [4.69, 9.17) is 0 Å². The number of aromatic nitrogens is 2. The Morgan fingerprint density at radius 3 is 2.56 bits per heavy atom. The van der Waals surface area contributed by atoms with Crippen LogP contribution in [0.5, 0.6) is 0 Å². The van der Waals surface area contributed by atoms with Crippen LogP contribution in [0.1, 0.15) is 12.5 Å². The summed E-state index contributed by atoms with van der Waals surface area (Å²) < 4.78 is 0.986. The molecule has 3 heteroatoms. The molecule has 0 N–H and O–H groups in total. The van der Waals surface area contributed by atoms with Gasteiger partial charge in [0, 0.05) is 4.47 Å². The quantitative estimate of drug-likeness (QED) is 0.668. The molecular formula is C6H6BrN2. The second kappa shape index (κ2) is 2.92.